The third-order valence-electron chi connectivity index (χ3n) is 10.3. The Morgan fingerprint density at radius 3 is 2.47 bits per heavy atom. The first-order valence-electron chi connectivity index (χ1n) is 19.7. The van der Waals surface area contributed by atoms with Gasteiger partial charge in [0, 0.05) is 32.4 Å². The van der Waals surface area contributed by atoms with E-state index in [2.05, 4.69) is 54.1 Å². The Hall–Kier alpha value is -3.99. The average molecular weight is 730 g/mol. The van der Waals surface area contributed by atoms with Crippen molar-refractivity contribution in [3.05, 3.63) is 83.9 Å². The van der Waals surface area contributed by atoms with Crippen LogP contribution in [0.3, 0.4) is 0 Å². The monoisotopic (exact) mass is 729 g/mol. The number of carbonyl (C=O) groups excluding carboxylic acids is 3. The van der Waals surface area contributed by atoms with Gasteiger partial charge in [-0.05, 0) is 92.1 Å². The SMILES string of the molecule is CCOC(=O)[C@H](CCC(C)C)NCCC[C@@H]1C[C@@H](CC(=O)NCc2cccc3ccccc23)C[C@@]2(CCC[C@H](COC(=O)NCc3ccccc3)O2)O1. The highest BCUT2D eigenvalue weighted by molar-refractivity contribution is 5.86. The standard InChI is InChI=1S/C43H59N3O7/c1-4-50-41(48)39(22-21-31(2)3)44-24-12-19-36-25-33(26-40(47)45-29-35-17-10-16-34-15-8-9-20-38(34)35)27-43(52-36)23-11-18-37(53-43)30-51-42(49)46-28-32-13-6-5-7-14-32/h5-10,13-17,20,31,33,36-37,39,44H,4,11-12,18-19,21-30H2,1-3H3,(H,45,47)(H,46,49)/t33-,36+,37+,39-,43-/m0/s1. The fraction of sp³-hybridized carbons (Fsp3) is 0.558. The number of benzene rings is 3. The second-order valence-corrected chi connectivity index (χ2v) is 15.0. The van der Waals surface area contributed by atoms with Gasteiger partial charge in [0.1, 0.15) is 12.6 Å². The summed E-state index contributed by atoms with van der Waals surface area (Å²) in [5, 5.41) is 11.7. The van der Waals surface area contributed by atoms with Crippen LogP contribution in [0.15, 0.2) is 72.8 Å². The highest BCUT2D eigenvalue weighted by Gasteiger charge is 2.46. The van der Waals surface area contributed by atoms with E-state index in [4.69, 9.17) is 18.9 Å². The predicted octanol–water partition coefficient (Wildman–Crippen LogP) is 7.57. The molecule has 0 aliphatic carbocycles. The molecule has 0 bridgehead atoms. The molecule has 288 valence electrons. The van der Waals surface area contributed by atoms with Gasteiger partial charge in [-0.15, -0.1) is 0 Å². The third kappa shape index (κ3) is 12.8. The maximum Gasteiger partial charge on any atom is 0.407 e. The van der Waals surface area contributed by atoms with Gasteiger partial charge in [0.25, 0.3) is 0 Å². The lowest BCUT2D eigenvalue weighted by Gasteiger charge is -2.48. The van der Waals surface area contributed by atoms with Gasteiger partial charge in [-0.25, -0.2) is 4.79 Å². The lowest BCUT2D eigenvalue weighted by Crippen LogP contribution is -2.52. The summed E-state index contributed by atoms with van der Waals surface area (Å²) in [5.41, 5.74) is 2.08. The molecule has 2 heterocycles. The van der Waals surface area contributed by atoms with E-state index in [1.807, 2.05) is 55.5 Å². The zero-order valence-corrected chi connectivity index (χ0v) is 31.8. The van der Waals surface area contributed by atoms with Crippen LogP contribution in [0.2, 0.25) is 0 Å². The van der Waals surface area contributed by atoms with Crippen LogP contribution < -0.4 is 16.0 Å². The Bertz CT molecular complexity index is 1600. The van der Waals surface area contributed by atoms with Crippen LogP contribution in [0.4, 0.5) is 4.79 Å². The Morgan fingerprint density at radius 1 is 0.887 bits per heavy atom. The lowest BCUT2D eigenvalue weighted by molar-refractivity contribution is -0.326. The molecule has 3 aromatic rings. The summed E-state index contributed by atoms with van der Waals surface area (Å²) in [7, 11) is 0. The second kappa shape index (κ2) is 20.5. The fourth-order valence-electron chi connectivity index (χ4n) is 7.62. The molecule has 2 aliphatic rings. The van der Waals surface area contributed by atoms with Crippen LogP contribution in [0.25, 0.3) is 10.8 Å². The van der Waals surface area contributed by atoms with E-state index in [1.165, 1.54) is 0 Å². The molecular formula is C43H59N3O7. The number of esters is 1. The van der Waals surface area contributed by atoms with Crippen molar-refractivity contribution in [3.63, 3.8) is 0 Å². The maximum absolute atomic E-state index is 13.5. The number of fused-ring (bicyclic) bond motifs is 1. The van der Waals surface area contributed by atoms with Crippen LogP contribution in [-0.4, -0.2) is 61.8 Å². The molecule has 3 aromatic carbocycles. The van der Waals surface area contributed by atoms with Crippen molar-refractivity contribution in [2.45, 2.75) is 122 Å². The number of hydrogen-bond acceptors (Lipinski definition) is 8. The number of amides is 2. The Balaban J connectivity index is 1.19. The summed E-state index contributed by atoms with van der Waals surface area (Å²) in [6, 6.07) is 23.8. The number of hydrogen-bond donors (Lipinski definition) is 3. The van der Waals surface area contributed by atoms with Gasteiger partial charge in [0.2, 0.25) is 5.91 Å². The Labute approximate surface area is 315 Å². The van der Waals surface area contributed by atoms with Crippen molar-refractivity contribution in [1.82, 2.24) is 16.0 Å². The minimum atomic E-state index is -0.853. The van der Waals surface area contributed by atoms with Crippen molar-refractivity contribution in [3.8, 4) is 0 Å². The maximum atomic E-state index is 13.5. The topological polar surface area (TPSA) is 124 Å². The largest absolute Gasteiger partial charge is 0.465 e. The quantitative estimate of drug-likeness (QED) is 0.0905. The molecule has 0 saturated carbocycles. The minimum Gasteiger partial charge on any atom is -0.465 e. The van der Waals surface area contributed by atoms with Crippen molar-refractivity contribution in [2.75, 3.05) is 19.8 Å². The van der Waals surface area contributed by atoms with Crippen LogP contribution in [0.1, 0.15) is 96.1 Å². The van der Waals surface area contributed by atoms with Crippen LogP contribution in [0, 0.1) is 11.8 Å². The molecule has 0 unspecified atom stereocenters. The van der Waals surface area contributed by atoms with Gasteiger partial charge in [-0.3, -0.25) is 9.59 Å². The third-order valence-corrected chi connectivity index (χ3v) is 10.3. The fourth-order valence-corrected chi connectivity index (χ4v) is 7.62. The first kappa shape index (κ1) is 40.2. The number of rotatable bonds is 18. The minimum absolute atomic E-state index is 0.00797. The normalized spacial score (nSPS) is 22.0. The van der Waals surface area contributed by atoms with E-state index in [1.54, 1.807) is 0 Å². The van der Waals surface area contributed by atoms with E-state index in [-0.39, 0.29) is 42.7 Å². The van der Waals surface area contributed by atoms with Crippen molar-refractivity contribution in [1.29, 1.82) is 0 Å². The van der Waals surface area contributed by atoms with Gasteiger partial charge < -0.3 is 34.9 Å². The molecule has 2 saturated heterocycles. The summed E-state index contributed by atoms with van der Waals surface area (Å²) in [5.74, 6) is -0.493. The molecule has 0 radical (unpaired) electrons. The van der Waals surface area contributed by atoms with Gasteiger partial charge in [-0.2, -0.15) is 0 Å². The molecule has 5 rings (SSSR count). The molecular weight excluding hydrogens is 670 g/mol. The summed E-state index contributed by atoms with van der Waals surface area (Å²) in [4.78, 5) is 38.6. The molecule has 0 aromatic heterocycles. The zero-order valence-electron chi connectivity index (χ0n) is 31.8. The molecule has 5 atom stereocenters. The first-order valence-corrected chi connectivity index (χ1v) is 19.7. The van der Waals surface area contributed by atoms with Crippen molar-refractivity contribution < 1.29 is 33.3 Å². The highest BCUT2D eigenvalue weighted by atomic mass is 16.7. The second-order valence-electron chi connectivity index (χ2n) is 15.0. The lowest BCUT2D eigenvalue weighted by atomic mass is 9.82. The summed E-state index contributed by atoms with van der Waals surface area (Å²) >= 11 is 0. The van der Waals surface area contributed by atoms with Gasteiger partial charge in [0.15, 0.2) is 5.79 Å². The van der Waals surface area contributed by atoms with E-state index in [9.17, 15) is 14.4 Å². The smallest absolute Gasteiger partial charge is 0.407 e. The molecule has 53 heavy (non-hydrogen) atoms. The van der Waals surface area contributed by atoms with Gasteiger partial charge in [-0.1, -0.05) is 86.6 Å². The first-order chi connectivity index (χ1) is 25.7. The van der Waals surface area contributed by atoms with Gasteiger partial charge in [0.05, 0.1) is 18.8 Å². The van der Waals surface area contributed by atoms with Gasteiger partial charge >= 0.3 is 12.1 Å². The molecule has 2 amide bonds. The number of ether oxygens (including phenoxy) is 4. The molecule has 10 heteroatoms. The Morgan fingerprint density at radius 2 is 1.66 bits per heavy atom. The zero-order chi connectivity index (χ0) is 37.5. The summed E-state index contributed by atoms with van der Waals surface area (Å²) in [6.07, 6.45) is 6.37. The van der Waals surface area contributed by atoms with Crippen LogP contribution >= 0.6 is 0 Å². The number of carbonyl (C=O) groups is 3. The Kier molecular flexibility index (Phi) is 15.5. The van der Waals surface area contributed by atoms with Crippen LogP contribution in [0.5, 0.6) is 0 Å². The number of nitrogens with one attached hydrogen (secondary N) is 3. The highest BCUT2D eigenvalue weighted by Crippen LogP contribution is 2.43. The summed E-state index contributed by atoms with van der Waals surface area (Å²) in [6.45, 7) is 8.13. The van der Waals surface area contributed by atoms with E-state index in [0.717, 1.165) is 66.8 Å². The van der Waals surface area contributed by atoms with Crippen molar-refractivity contribution >= 4 is 28.7 Å². The van der Waals surface area contributed by atoms with Crippen LogP contribution in [-0.2, 0) is 41.6 Å². The predicted molar refractivity (Wildman–Crippen MR) is 206 cm³/mol. The van der Waals surface area contributed by atoms with E-state index >= 15 is 0 Å². The average Bonchev–Trinajstić information content (AvgIpc) is 3.15. The molecule has 2 fully saturated rings. The van der Waals surface area contributed by atoms with Crippen molar-refractivity contribution in [2.24, 2.45) is 11.8 Å². The summed E-state index contributed by atoms with van der Waals surface area (Å²) < 4.78 is 24.4. The molecule has 1 spiro atoms. The van der Waals surface area contributed by atoms with E-state index < -0.39 is 11.9 Å². The molecule has 10 nitrogen and oxygen atoms in total. The molecule has 2 aliphatic heterocycles. The molecule has 3 N–H and O–H groups in total. The number of alkyl carbamates (subject to hydrolysis) is 1. The van der Waals surface area contributed by atoms with E-state index in [0.29, 0.717) is 51.4 Å².